The van der Waals surface area contributed by atoms with Gasteiger partial charge in [-0.05, 0) is 60.0 Å². The van der Waals surface area contributed by atoms with E-state index in [0.717, 1.165) is 55.3 Å². The summed E-state index contributed by atoms with van der Waals surface area (Å²) in [4.78, 5) is 34.5. The number of aromatic nitrogens is 1. The Morgan fingerprint density at radius 3 is 2.38 bits per heavy atom. The lowest BCUT2D eigenvalue weighted by Crippen LogP contribution is -2.51. The Morgan fingerprint density at radius 1 is 1.00 bits per heavy atom. The molecule has 4 heterocycles. The summed E-state index contributed by atoms with van der Waals surface area (Å²) in [5.41, 5.74) is 2.92. The van der Waals surface area contributed by atoms with Crippen LogP contribution in [0.15, 0.2) is 66.3 Å². The average Bonchev–Trinajstić information content (AvgIpc) is 3.34. The molecule has 7 heteroatoms. The number of amides is 2. The van der Waals surface area contributed by atoms with Gasteiger partial charge in [-0.15, -0.1) is 11.3 Å². The predicted molar refractivity (Wildman–Crippen MR) is 126 cm³/mol. The fourth-order valence-corrected chi connectivity index (χ4v) is 5.09. The molecular formula is C25H26N4O2S. The zero-order chi connectivity index (χ0) is 21.9. The third-order valence-electron chi connectivity index (χ3n) is 6.39. The molecule has 1 N–H and O–H groups in total. The van der Waals surface area contributed by atoms with Crippen molar-refractivity contribution in [2.75, 3.05) is 31.1 Å². The van der Waals surface area contributed by atoms with Gasteiger partial charge < -0.3 is 10.2 Å². The van der Waals surface area contributed by atoms with Crippen molar-refractivity contribution in [3.63, 3.8) is 0 Å². The standard InChI is InChI=1S/C25H26N4O2S/c30-24(20-15-27-16-20)29(22-3-1-11-26-17-22)21-7-5-18(6-8-21)19-9-12-28(13-10-19)25(31)23-4-2-14-32-23/h1-8,11,14,17,19-20,27H,9-10,12-13,15-16H2. The zero-order valence-electron chi connectivity index (χ0n) is 17.8. The molecule has 32 heavy (non-hydrogen) atoms. The molecule has 2 aliphatic heterocycles. The van der Waals surface area contributed by atoms with E-state index < -0.39 is 0 Å². The maximum Gasteiger partial charge on any atom is 0.263 e. The summed E-state index contributed by atoms with van der Waals surface area (Å²) in [6, 6.07) is 15.9. The molecule has 2 fully saturated rings. The van der Waals surface area contributed by atoms with Gasteiger partial charge in [0, 0.05) is 38.1 Å². The van der Waals surface area contributed by atoms with Gasteiger partial charge in [0.05, 0.1) is 22.7 Å². The van der Waals surface area contributed by atoms with Crippen LogP contribution in [0, 0.1) is 5.92 Å². The van der Waals surface area contributed by atoms with Gasteiger partial charge in [-0.2, -0.15) is 0 Å². The van der Waals surface area contributed by atoms with Crippen LogP contribution in [0.25, 0.3) is 0 Å². The number of hydrogen-bond acceptors (Lipinski definition) is 5. The lowest BCUT2D eigenvalue weighted by atomic mass is 9.89. The van der Waals surface area contributed by atoms with Crippen LogP contribution >= 0.6 is 11.3 Å². The van der Waals surface area contributed by atoms with E-state index in [1.54, 1.807) is 17.3 Å². The van der Waals surface area contributed by atoms with Gasteiger partial charge in [-0.1, -0.05) is 18.2 Å². The summed E-state index contributed by atoms with van der Waals surface area (Å²) in [6.45, 7) is 2.99. The number of hydrogen-bond donors (Lipinski definition) is 1. The minimum Gasteiger partial charge on any atom is -0.338 e. The van der Waals surface area contributed by atoms with Crippen molar-refractivity contribution in [1.82, 2.24) is 15.2 Å². The third-order valence-corrected chi connectivity index (χ3v) is 7.25. The Hall–Kier alpha value is -3.03. The first-order valence-electron chi connectivity index (χ1n) is 11.1. The second kappa shape index (κ2) is 9.22. The summed E-state index contributed by atoms with van der Waals surface area (Å²) in [6.07, 6.45) is 5.36. The van der Waals surface area contributed by atoms with E-state index in [-0.39, 0.29) is 17.7 Å². The van der Waals surface area contributed by atoms with Crippen LogP contribution in [0.3, 0.4) is 0 Å². The van der Waals surface area contributed by atoms with Gasteiger partial charge in [0.2, 0.25) is 5.91 Å². The van der Waals surface area contributed by atoms with Crippen LogP contribution in [0.2, 0.25) is 0 Å². The molecule has 0 bridgehead atoms. The highest BCUT2D eigenvalue weighted by molar-refractivity contribution is 7.12. The normalized spacial score (nSPS) is 17.1. The van der Waals surface area contributed by atoms with Crippen molar-refractivity contribution in [2.24, 2.45) is 5.92 Å². The summed E-state index contributed by atoms with van der Waals surface area (Å²) in [5, 5.41) is 5.13. The van der Waals surface area contributed by atoms with Gasteiger partial charge in [-0.25, -0.2) is 0 Å². The van der Waals surface area contributed by atoms with Crippen LogP contribution in [-0.4, -0.2) is 47.9 Å². The predicted octanol–water partition coefficient (Wildman–Crippen LogP) is 4.05. The van der Waals surface area contributed by atoms with Crippen LogP contribution < -0.4 is 10.2 Å². The molecule has 0 saturated carbocycles. The molecule has 0 aliphatic carbocycles. The molecule has 0 radical (unpaired) electrons. The Balaban J connectivity index is 1.29. The highest BCUT2D eigenvalue weighted by Gasteiger charge is 2.31. The Kier molecular flexibility index (Phi) is 6.01. The number of piperidine rings is 1. The fraction of sp³-hybridized carbons (Fsp3) is 0.320. The Bertz CT molecular complexity index is 1060. The molecule has 1 aromatic carbocycles. The van der Waals surface area contributed by atoms with E-state index in [0.29, 0.717) is 5.92 Å². The molecule has 2 aliphatic rings. The maximum atomic E-state index is 13.1. The molecule has 2 amide bonds. The van der Waals surface area contributed by atoms with Gasteiger partial charge in [-0.3, -0.25) is 19.5 Å². The van der Waals surface area contributed by atoms with E-state index in [1.165, 1.54) is 16.9 Å². The van der Waals surface area contributed by atoms with Gasteiger partial charge in [0.15, 0.2) is 0 Å². The minimum absolute atomic E-state index is 0.0000857. The first kappa shape index (κ1) is 20.8. The fourth-order valence-electron chi connectivity index (χ4n) is 4.40. The van der Waals surface area contributed by atoms with Crippen LogP contribution in [0.5, 0.6) is 0 Å². The number of nitrogens with zero attached hydrogens (tertiary/aromatic N) is 3. The van der Waals surface area contributed by atoms with E-state index >= 15 is 0 Å². The molecule has 6 nitrogen and oxygen atoms in total. The molecule has 2 saturated heterocycles. The van der Waals surface area contributed by atoms with Crippen LogP contribution in [0.1, 0.15) is 34.0 Å². The van der Waals surface area contributed by atoms with Gasteiger partial charge in [0.1, 0.15) is 0 Å². The van der Waals surface area contributed by atoms with Crippen molar-refractivity contribution in [2.45, 2.75) is 18.8 Å². The van der Waals surface area contributed by atoms with Crippen molar-refractivity contribution in [3.8, 4) is 0 Å². The topological polar surface area (TPSA) is 65.5 Å². The number of nitrogens with one attached hydrogen (secondary N) is 1. The van der Waals surface area contributed by atoms with Gasteiger partial charge in [0.25, 0.3) is 5.91 Å². The Morgan fingerprint density at radius 2 is 1.78 bits per heavy atom. The minimum atomic E-state index is 0.0000857. The number of likely N-dealkylation sites (tertiary alicyclic amines) is 1. The molecule has 0 spiro atoms. The van der Waals surface area contributed by atoms with E-state index in [4.69, 9.17) is 0 Å². The summed E-state index contributed by atoms with van der Waals surface area (Å²) >= 11 is 1.50. The van der Waals surface area contributed by atoms with E-state index in [9.17, 15) is 9.59 Å². The highest BCUT2D eigenvalue weighted by Crippen LogP contribution is 2.33. The molecule has 5 rings (SSSR count). The molecule has 2 aromatic heterocycles. The lowest BCUT2D eigenvalue weighted by Gasteiger charge is -2.33. The number of thiophene rings is 1. The number of pyridine rings is 1. The summed E-state index contributed by atoms with van der Waals surface area (Å²) in [5.74, 6) is 0.671. The zero-order valence-corrected chi connectivity index (χ0v) is 18.6. The monoisotopic (exact) mass is 446 g/mol. The first-order chi connectivity index (χ1) is 15.7. The van der Waals surface area contributed by atoms with E-state index in [2.05, 4.69) is 22.4 Å². The van der Waals surface area contributed by atoms with Crippen molar-refractivity contribution in [1.29, 1.82) is 0 Å². The maximum absolute atomic E-state index is 13.1. The third kappa shape index (κ3) is 4.18. The number of anilines is 2. The molecular weight excluding hydrogens is 420 g/mol. The van der Waals surface area contributed by atoms with E-state index in [1.807, 2.05) is 46.7 Å². The SMILES string of the molecule is O=C(c1cccs1)N1CCC(c2ccc(N(C(=O)C3CNC3)c3cccnc3)cc2)CC1. The second-order valence-corrected chi connectivity index (χ2v) is 9.32. The number of benzene rings is 1. The molecule has 0 atom stereocenters. The number of carbonyl (C=O) groups is 2. The van der Waals surface area contributed by atoms with Crippen LogP contribution in [-0.2, 0) is 4.79 Å². The molecule has 0 unspecified atom stereocenters. The van der Waals surface area contributed by atoms with Crippen molar-refractivity contribution < 1.29 is 9.59 Å². The quantitative estimate of drug-likeness (QED) is 0.642. The largest absolute Gasteiger partial charge is 0.338 e. The smallest absolute Gasteiger partial charge is 0.263 e. The first-order valence-corrected chi connectivity index (χ1v) is 12.0. The number of rotatable bonds is 5. The number of carbonyl (C=O) groups excluding carboxylic acids is 2. The summed E-state index contributed by atoms with van der Waals surface area (Å²) < 4.78 is 0. The lowest BCUT2D eigenvalue weighted by molar-refractivity contribution is -0.123. The Labute approximate surface area is 191 Å². The average molecular weight is 447 g/mol. The van der Waals surface area contributed by atoms with Crippen LogP contribution in [0.4, 0.5) is 11.4 Å². The second-order valence-electron chi connectivity index (χ2n) is 8.38. The van der Waals surface area contributed by atoms with Crippen molar-refractivity contribution >= 4 is 34.5 Å². The summed E-state index contributed by atoms with van der Waals surface area (Å²) in [7, 11) is 0. The molecule has 3 aromatic rings. The highest BCUT2D eigenvalue weighted by atomic mass is 32.1. The van der Waals surface area contributed by atoms with Crippen molar-refractivity contribution in [3.05, 3.63) is 76.7 Å². The molecule has 164 valence electrons. The van der Waals surface area contributed by atoms with Gasteiger partial charge >= 0.3 is 0 Å².